The number of phenolic OH excluding ortho intramolecular Hbond substituents is 1. The van der Waals surface area contributed by atoms with Crippen LogP contribution >= 0.6 is 0 Å². The average molecular weight is 366 g/mol. The third-order valence-corrected chi connectivity index (χ3v) is 6.11. The van der Waals surface area contributed by atoms with Crippen molar-refractivity contribution in [3.05, 3.63) is 83.4 Å². The molecule has 1 aliphatic rings. The van der Waals surface area contributed by atoms with E-state index >= 15 is 0 Å². The van der Waals surface area contributed by atoms with E-state index in [-0.39, 0.29) is 39.0 Å². The minimum atomic E-state index is -3.88. The molecule has 3 aromatic carbocycles. The first-order valence-electron chi connectivity index (χ1n) is 7.91. The highest BCUT2D eigenvalue weighted by Crippen LogP contribution is 2.40. The molecule has 0 saturated carbocycles. The lowest BCUT2D eigenvalue weighted by Crippen LogP contribution is -2.20. The van der Waals surface area contributed by atoms with E-state index in [1.54, 1.807) is 12.1 Å². The highest BCUT2D eigenvalue weighted by atomic mass is 32.2. The minimum Gasteiger partial charge on any atom is -0.504 e. The molecule has 0 bridgehead atoms. The molecule has 0 amide bonds. The van der Waals surface area contributed by atoms with E-state index in [0.717, 1.165) is 11.6 Å². The first kappa shape index (κ1) is 16.4. The molecule has 0 radical (unpaired) electrons. The summed E-state index contributed by atoms with van der Waals surface area (Å²) in [6, 6.07) is 17.7. The number of carbonyl (C=O) groups is 1. The molecule has 0 unspecified atom stereocenters. The predicted octanol–water partition coefficient (Wildman–Crippen LogP) is 3.35. The Bertz CT molecular complexity index is 1120. The lowest BCUT2D eigenvalue weighted by atomic mass is 10.0. The fourth-order valence-corrected chi connectivity index (χ4v) is 4.60. The van der Waals surface area contributed by atoms with Gasteiger partial charge in [0.2, 0.25) is 9.84 Å². The molecule has 1 aliphatic heterocycles. The van der Waals surface area contributed by atoms with Crippen LogP contribution in [0.4, 0.5) is 0 Å². The zero-order valence-corrected chi connectivity index (χ0v) is 14.4. The number of phenols is 1. The summed E-state index contributed by atoms with van der Waals surface area (Å²) in [6.07, 6.45) is 0. The molecule has 1 N–H and O–H groups in total. The molecular weight excluding hydrogens is 352 g/mol. The van der Waals surface area contributed by atoms with E-state index in [9.17, 15) is 18.3 Å². The van der Waals surface area contributed by atoms with Crippen molar-refractivity contribution in [1.29, 1.82) is 0 Å². The zero-order chi connectivity index (χ0) is 18.3. The van der Waals surface area contributed by atoms with E-state index in [2.05, 4.69) is 0 Å². The van der Waals surface area contributed by atoms with Crippen LogP contribution in [0.3, 0.4) is 0 Å². The number of fused-ring (bicyclic) bond motifs is 2. The van der Waals surface area contributed by atoms with Crippen LogP contribution in [-0.4, -0.2) is 19.3 Å². The van der Waals surface area contributed by atoms with Gasteiger partial charge in [-0.15, -0.1) is 0 Å². The van der Waals surface area contributed by atoms with Crippen molar-refractivity contribution in [2.45, 2.75) is 16.4 Å². The number of aromatic hydroxyl groups is 1. The predicted molar refractivity (Wildman–Crippen MR) is 94.2 cm³/mol. The Morgan fingerprint density at radius 2 is 1.54 bits per heavy atom. The van der Waals surface area contributed by atoms with Gasteiger partial charge in [-0.3, -0.25) is 4.79 Å². The van der Waals surface area contributed by atoms with Crippen molar-refractivity contribution in [3.63, 3.8) is 0 Å². The molecule has 1 heterocycles. The summed E-state index contributed by atoms with van der Waals surface area (Å²) in [7, 11) is -3.88. The van der Waals surface area contributed by atoms with Crippen molar-refractivity contribution >= 4 is 15.6 Å². The van der Waals surface area contributed by atoms with Gasteiger partial charge in [0.25, 0.3) is 0 Å². The van der Waals surface area contributed by atoms with Crippen molar-refractivity contribution in [2.24, 2.45) is 0 Å². The van der Waals surface area contributed by atoms with Crippen LogP contribution in [-0.2, 0) is 16.4 Å². The third kappa shape index (κ3) is 2.55. The lowest BCUT2D eigenvalue weighted by Gasteiger charge is -2.20. The number of carbonyl (C=O) groups excluding carboxylic acids is 1. The van der Waals surface area contributed by atoms with Crippen molar-refractivity contribution in [1.82, 2.24) is 0 Å². The van der Waals surface area contributed by atoms with E-state index in [0.29, 0.717) is 0 Å². The van der Waals surface area contributed by atoms with E-state index in [4.69, 9.17) is 4.74 Å². The number of sulfone groups is 1. The molecule has 130 valence electrons. The second kappa shape index (κ2) is 6.00. The SMILES string of the molecule is O=C1c2ccccc2S(=O)(=O)c2cc(O)c(OCc3ccccc3)cc21. The molecule has 3 aromatic rings. The van der Waals surface area contributed by atoms with Crippen LogP contribution in [0, 0.1) is 0 Å². The third-order valence-electron chi connectivity index (χ3n) is 4.25. The van der Waals surface area contributed by atoms with Gasteiger partial charge >= 0.3 is 0 Å². The maximum absolute atomic E-state index is 12.8. The molecule has 26 heavy (non-hydrogen) atoms. The van der Waals surface area contributed by atoms with Gasteiger partial charge in [0.15, 0.2) is 17.3 Å². The van der Waals surface area contributed by atoms with Gasteiger partial charge in [-0.1, -0.05) is 42.5 Å². The van der Waals surface area contributed by atoms with Crippen LogP contribution in [0.5, 0.6) is 11.5 Å². The molecule has 6 heteroatoms. The summed E-state index contributed by atoms with van der Waals surface area (Å²) < 4.78 is 31.2. The summed E-state index contributed by atoms with van der Waals surface area (Å²) in [5.41, 5.74) is 1.01. The van der Waals surface area contributed by atoms with Crippen LogP contribution in [0.15, 0.2) is 76.5 Å². The van der Waals surface area contributed by atoms with E-state index < -0.39 is 15.6 Å². The van der Waals surface area contributed by atoms with Gasteiger partial charge < -0.3 is 9.84 Å². The Morgan fingerprint density at radius 3 is 2.31 bits per heavy atom. The van der Waals surface area contributed by atoms with Crippen molar-refractivity contribution in [3.8, 4) is 11.5 Å². The Kier molecular flexibility index (Phi) is 3.77. The Morgan fingerprint density at radius 1 is 0.846 bits per heavy atom. The minimum absolute atomic E-state index is 0.00422. The summed E-state index contributed by atoms with van der Waals surface area (Å²) in [5.74, 6) is -0.666. The van der Waals surface area contributed by atoms with Crippen molar-refractivity contribution < 1.29 is 23.1 Å². The number of ketones is 1. The first-order chi connectivity index (χ1) is 12.5. The van der Waals surface area contributed by atoms with Crippen LogP contribution < -0.4 is 4.74 Å². The fraction of sp³-hybridized carbons (Fsp3) is 0.0500. The van der Waals surface area contributed by atoms with Crippen LogP contribution in [0.2, 0.25) is 0 Å². The van der Waals surface area contributed by atoms with Gasteiger partial charge in [-0.05, 0) is 23.8 Å². The molecular formula is C20H14O5S. The summed E-state index contributed by atoms with van der Waals surface area (Å²) in [6.45, 7) is 0.185. The normalized spacial score (nSPS) is 14.4. The van der Waals surface area contributed by atoms with Gasteiger partial charge in [0.05, 0.1) is 9.79 Å². The van der Waals surface area contributed by atoms with Crippen LogP contribution in [0.1, 0.15) is 21.5 Å². The lowest BCUT2D eigenvalue weighted by molar-refractivity contribution is 0.103. The highest BCUT2D eigenvalue weighted by molar-refractivity contribution is 7.91. The number of benzene rings is 3. The average Bonchev–Trinajstić information content (AvgIpc) is 2.66. The topological polar surface area (TPSA) is 80.7 Å². The second-order valence-corrected chi connectivity index (χ2v) is 7.81. The van der Waals surface area contributed by atoms with Crippen LogP contribution in [0.25, 0.3) is 0 Å². The summed E-state index contributed by atoms with van der Waals surface area (Å²) in [4.78, 5) is 12.5. The van der Waals surface area contributed by atoms with Gasteiger partial charge in [0, 0.05) is 17.2 Å². The van der Waals surface area contributed by atoms with Gasteiger partial charge in [-0.25, -0.2) is 8.42 Å². The monoisotopic (exact) mass is 366 g/mol. The molecule has 0 saturated heterocycles. The van der Waals surface area contributed by atoms with Gasteiger partial charge in [-0.2, -0.15) is 0 Å². The molecule has 0 spiro atoms. The highest BCUT2D eigenvalue weighted by Gasteiger charge is 2.35. The number of ether oxygens (including phenoxy) is 1. The smallest absolute Gasteiger partial charge is 0.208 e. The molecule has 0 atom stereocenters. The number of hydrogen-bond acceptors (Lipinski definition) is 5. The van der Waals surface area contributed by atoms with Crippen molar-refractivity contribution in [2.75, 3.05) is 0 Å². The molecule has 0 fully saturated rings. The zero-order valence-electron chi connectivity index (χ0n) is 13.5. The largest absolute Gasteiger partial charge is 0.504 e. The molecule has 0 aromatic heterocycles. The maximum Gasteiger partial charge on any atom is 0.208 e. The van der Waals surface area contributed by atoms with E-state index in [1.165, 1.54) is 18.2 Å². The fourth-order valence-electron chi connectivity index (χ4n) is 2.95. The second-order valence-electron chi connectivity index (χ2n) is 5.92. The Balaban J connectivity index is 1.78. The first-order valence-corrected chi connectivity index (χ1v) is 9.39. The number of rotatable bonds is 3. The molecule has 4 rings (SSSR count). The quantitative estimate of drug-likeness (QED) is 0.601. The number of hydrogen-bond donors (Lipinski definition) is 1. The summed E-state index contributed by atoms with van der Waals surface area (Å²) in [5, 5.41) is 10.2. The Labute approximate surface area is 150 Å². The standard InChI is InChI=1S/C20H14O5S/c21-16-11-19-15(10-17(16)25-12-13-6-2-1-3-7-13)20(22)14-8-4-5-9-18(14)26(19,23)24/h1-11,21H,12H2. The van der Waals surface area contributed by atoms with E-state index in [1.807, 2.05) is 30.3 Å². The molecule has 5 nitrogen and oxygen atoms in total. The maximum atomic E-state index is 12.8. The summed E-state index contributed by atoms with van der Waals surface area (Å²) >= 11 is 0. The van der Waals surface area contributed by atoms with Gasteiger partial charge in [0.1, 0.15) is 6.61 Å². The Hall–Kier alpha value is -3.12. The molecule has 0 aliphatic carbocycles.